The summed E-state index contributed by atoms with van der Waals surface area (Å²) in [5.41, 5.74) is 0. The van der Waals surface area contributed by atoms with Crippen LogP contribution in [0, 0.1) is 0 Å². The fourth-order valence-corrected chi connectivity index (χ4v) is 2.11. The van der Waals surface area contributed by atoms with Crippen molar-refractivity contribution in [3.8, 4) is 5.75 Å². The molecule has 0 atom stereocenters. The van der Waals surface area contributed by atoms with Gasteiger partial charge in [0, 0.05) is 36.9 Å². The average molecular weight is 298 g/mol. The number of Topliss-reactive ketones (excluding diaryl/α,β-unsaturated/α-hetero) is 1. The minimum atomic E-state index is 0.384. The number of halogens is 1. The van der Waals surface area contributed by atoms with Gasteiger partial charge in [0.15, 0.2) is 0 Å². The summed E-state index contributed by atoms with van der Waals surface area (Å²) in [6, 6.07) is 7.83. The highest BCUT2D eigenvalue weighted by atomic mass is 79.9. The first-order chi connectivity index (χ1) is 8.24. The first-order valence-corrected chi connectivity index (χ1v) is 6.66. The van der Waals surface area contributed by atoms with Crippen LogP contribution in [0.3, 0.4) is 0 Å². The van der Waals surface area contributed by atoms with E-state index in [1.807, 2.05) is 24.3 Å². The number of nitrogens with zero attached hydrogens (tertiary/aromatic N) is 1. The highest BCUT2D eigenvalue weighted by molar-refractivity contribution is 9.10. The molecule has 1 aliphatic rings. The molecule has 92 valence electrons. The molecule has 1 aromatic rings. The minimum absolute atomic E-state index is 0.384. The maximum Gasteiger partial charge on any atom is 0.135 e. The van der Waals surface area contributed by atoms with Gasteiger partial charge in [-0.1, -0.05) is 15.9 Å². The zero-order valence-electron chi connectivity index (χ0n) is 9.69. The van der Waals surface area contributed by atoms with Gasteiger partial charge >= 0.3 is 0 Å². The van der Waals surface area contributed by atoms with Crippen molar-refractivity contribution in [1.29, 1.82) is 0 Å². The lowest BCUT2D eigenvalue weighted by molar-refractivity contribution is -0.121. The topological polar surface area (TPSA) is 29.5 Å². The van der Waals surface area contributed by atoms with Gasteiger partial charge in [0.1, 0.15) is 18.1 Å². The lowest BCUT2D eigenvalue weighted by atomic mass is 10.1. The molecule has 17 heavy (non-hydrogen) atoms. The van der Waals surface area contributed by atoms with Gasteiger partial charge in [0.05, 0.1) is 0 Å². The Kier molecular flexibility index (Phi) is 4.57. The highest BCUT2D eigenvalue weighted by Crippen LogP contribution is 2.16. The first-order valence-electron chi connectivity index (χ1n) is 5.86. The lowest BCUT2D eigenvalue weighted by Gasteiger charge is -2.25. The predicted molar refractivity (Wildman–Crippen MR) is 70.3 cm³/mol. The second-order valence-corrected chi connectivity index (χ2v) is 5.10. The predicted octanol–water partition coefficient (Wildman–Crippen LogP) is 2.49. The van der Waals surface area contributed by atoms with Gasteiger partial charge in [-0.05, 0) is 24.3 Å². The maximum absolute atomic E-state index is 11.1. The van der Waals surface area contributed by atoms with Gasteiger partial charge in [0.2, 0.25) is 0 Å². The molecular weight excluding hydrogens is 282 g/mol. The molecule has 0 N–H and O–H groups in total. The number of carbonyl (C=O) groups excluding carboxylic acids is 1. The molecule has 1 heterocycles. The van der Waals surface area contributed by atoms with E-state index in [0.29, 0.717) is 25.2 Å². The molecule has 1 saturated heterocycles. The Labute approximate surface area is 110 Å². The number of likely N-dealkylation sites (tertiary alicyclic amines) is 1. The van der Waals surface area contributed by atoms with Crippen LogP contribution in [0.25, 0.3) is 0 Å². The summed E-state index contributed by atoms with van der Waals surface area (Å²) in [5, 5.41) is 0. The summed E-state index contributed by atoms with van der Waals surface area (Å²) in [5.74, 6) is 1.27. The molecule has 1 aromatic carbocycles. The molecule has 0 saturated carbocycles. The minimum Gasteiger partial charge on any atom is -0.492 e. The molecule has 0 unspecified atom stereocenters. The van der Waals surface area contributed by atoms with E-state index < -0.39 is 0 Å². The Morgan fingerprint density at radius 2 is 1.82 bits per heavy atom. The molecule has 2 rings (SSSR count). The van der Waals surface area contributed by atoms with Crippen molar-refractivity contribution in [2.75, 3.05) is 26.2 Å². The first kappa shape index (κ1) is 12.6. The van der Waals surface area contributed by atoms with Crippen molar-refractivity contribution in [2.45, 2.75) is 12.8 Å². The van der Waals surface area contributed by atoms with Crippen LogP contribution in [-0.2, 0) is 4.79 Å². The van der Waals surface area contributed by atoms with Crippen LogP contribution >= 0.6 is 15.9 Å². The van der Waals surface area contributed by atoms with E-state index in [-0.39, 0.29) is 0 Å². The Bertz CT molecular complexity index is 368. The maximum atomic E-state index is 11.1. The lowest BCUT2D eigenvalue weighted by Crippen LogP contribution is -2.36. The number of ether oxygens (including phenoxy) is 1. The molecule has 0 aliphatic carbocycles. The number of rotatable bonds is 4. The van der Waals surface area contributed by atoms with Crippen molar-refractivity contribution in [2.24, 2.45) is 0 Å². The van der Waals surface area contributed by atoms with Gasteiger partial charge < -0.3 is 4.74 Å². The Morgan fingerprint density at radius 3 is 2.47 bits per heavy atom. The Hall–Kier alpha value is -0.870. The molecule has 0 spiro atoms. The van der Waals surface area contributed by atoms with Crippen LogP contribution in [0.4, 0.5) is 0 Å². The van der Waals surface area contributed by atoms with Crippen LogP contribution < -0.4 is 4.74 Å². The third-order valence-corrected chi connectivity index (χ3v) is 3.43. The monoisotopic (exact) mass is 297 g/mol. The van der Waals surface area contributed by atoms with Crippen molar-refractivity contribution in [3.63, 3.8) is 0 Å². The van der Waals surface area contributed by atoms with Crippen molar-refractivity contribution in [3.05, 3.63) is 28.7 Å². The van der Waals surface area contributed by atoms with Gasteiger partial charge in [-0.3, -0.25) is 9.69 Å². The van der Waals surface area contributed by atoms with E-state index >= 15 is 0 Å². The largest absolute Gasteiger partial charge is 0.492 e. The Balaban J connectivity index is 1.69. The molecule has 0 bridgehead atoms. The van der Waals surface area contributed by atoms with Crippen molar-refractivity contribution < 1.29 is 9.53 Å². The second-order valence-electron chi connectivity index (χ2n) is 4.18. The SMILES string of the molecule is O=C1CCN(CCOc2ccc(Br)cc2)CC1. The molecule has 4 heteroatoms. The third kappa shape index (κ3) is 4.13. The van der Waals surface area contributed by atoms with Crippen LogP contribution in [0.1, 0.15) is 12.8 Å². The summed E-state index contributed by atoms with van der Waals surface area (Å²) >= 11 is 3.39. The highest BCUT2D eigenvalue weighted by Gasteiger charge is 2.15. The van der Waals surface area contributed by atoms with E-state index in [9.17, 15) is 4.79 Å². The van der Waals surface area contributed by atoms with Gasteiger partial charge in [-0.25, -0.2) is 0 Å². The van der Waals surface area contributed by atoms with Crippen LogP contribution in [0.2, 0.25) is 0 Å². The fraction of sp³-hybridized carbons (Fsp3) is 0.462. The van der Waals surface area contributed by atoms with E-state index in [1.165, 1.54) is 0 Å². The van der Waals surface area contributed by atoms with E-state index in [1.54, 1.807) is 0 Å². The number of carbonyl (C=O) groups is 1. The summed E-state index contributed by atoms with van der Waals surface area (Å²) < 4.78 is 6.70. The smallest absolute Gasteiger partial charge is 0.135 e. The molecule has 0 amide bonds. The summed E-state index contributed by atoms with van der Waals surface area (Å²) in [6.07, 6.45) is 1.39. The number of benzene rings is 1. The quantitative estimate of drug-likeness (QED) is 0.855. The fourth-order valence-electron chi connectivity index (χ4n) is 1.85. The molecule has 0 radical (unpaired) electrons. The van der Waals surface area contributed by atoms with Crippen LogP contribution in [0.5, 0.6) is 5.75 Å². The van der Waals surface area contributed by atoms with Crippen molar-refractivity contribution in [1.82, 2.24) is 4.90 Å². The van der Waals surface area contributed by atoms with Gasteiger partial charge in [0.25, 0.3) is 0 Å². The molecule has 0 aromatic heterocycles. The van der Waals surface area contributed by atoms with E-state index in [0.717, 1.165) is 29.9 Å². The number of hydrogen-bond acceptors (Lipinski definition) is 3. The molecule has 3 nitrogen and oxygen atoms in total. The summed E-state index contributed by atoms with van der Waals surface area (Å²) in [7, 11) is 0. The zero-order chi connectivity index (χ0) is 12.1. The summed E-state index contributed by atoms with van der Waals surface area (Å²) in [4.78, 5) is 13.4. The number of ketones is 1. The van der Waals surface area contributed by atoms with Crippen LogP contribution in [-0.4, -0.2) is 36.9 Å². The molecule has 1 fully saturated rings. The normalized spacial score (nSPS) is 17.1. The number of hydrogen-bond donors (Lipinski definition) is 0. The van der Waals surface area contributed by atoms with Crippen LogP contribution in [0.15, 0.2) is 28.7 Å². The standard InChI is InChI=1S/C13H16BrNO2/c14-11-1-3-13(4-2-11)17-10-9-15-7-5-12(16)6-8-15/h1-4H,5-10H2. The third-order valence-electron chi connectivity index (χ3n) is 2.90. The molecule has 1 aliphatic heterocycles. The van der Waals surface area contributed by atoms with Crippen molar-refractivity contribution >= 4 is 21.7 Å². The Morgan fingerprint density at radius 1 is 1.18 bits per heavy atom. The van der Waals surface area contributed by atoms with E-state index in [4.69, 9.17) is 4.74 Å². The van der Waals surface area contributed by atoms with Gasteiger partial charge in [-0.15, -0.1) is 0 Å². The molecular formula is C13H16BrNO2. The zero-order valence-corrected chi connectivity index (χ0v) is 11.3. The van der Waals surface area contributed by atoms with Gasteiger partial charge in [-0.2, -0.15) is 0 Å². The number of piperidine rings is 1. The average Bonchev–Trinajstić information content (AvgIpc) is 2.34. The second kappa shape index (κ2) is 6.17. The summed E-state index contributed by atoms with van der Waals surface area (Å²) in [6.45, 7) is 3.32. The van der Waals surface area contributed by atoms with E-state index in [2.05, 4.69) is 20.8 Å².